The lowest BCUT2D eigenvalue weighted by atomic mass is 9.97. The van der Waals surface area contributed by atoms with Crippen LogP contribution in [0.4, 0.5) is 0 Å². The van der Waals surface area contributed by atoms with E-state index in [2.05, 4.69) is 12.2 Å². The van der Waals surface area contributed by atoms with Gasteiger partial charge in [-0.3, -0.25) is 0 Å². The largest absolute Gasteiger partial charge is 0.508 e. The van der Waals surface area contributed by atoms with Crippen LogP contribution in [0.5, 0.6) is 5.75 Å². The number of aromatic hydroxyl groups is 1. The topological polar surface area (TPSA) is 32.3 Å². The minimum Gasteiger partial charge on any atom is -0.508 e. The quantitative estimate of drug-likeness (QED) is 0.728. The molecule has 0 atom stereocenters. The van der Waals surface area contributed by atoms with Crippen LogP contribution < -0.4 is 5.32 Å². The molecule has 0 amide bonds. The van der Waals surface area contributed by atoms with Gasteiger partial charge in [0.25, 0.3) is 0 Å². The minimum atomic E-state index is 0.398. The van der Waals surface area contributed by atoms with Gasteiger partial charge in [0.2, 0.25) is 0 Å². The Morgan fingerprint density at radius 2 is 1.85 bits per heavy atom. The summed E-state index contributed by atoms with van der Waals surface area (Å²) in [7, 11) is 1.93. The molecule has 0 aliphatic rings. The van der Waals surface area contributed by atoms with Crippen molar-refractivity contribution in [2.45, 2.75) is 27.3 Å². The zero-order chi connectivity index (χ0) is 10.0. The second-order valence-electron chi connectivity index (χ2n) is 3.47. The van der Waals surface area contributed by atoms with E-state index in [1.807, 2.05) is 27.0 Å². The molecular formula is C11H17NO. The molecule has 13 heavy (non-hydrogen) atoms. The first-order chi connectivity index (χ1) is 6.07. The summed E-state index contributed by atoms with van der Waals surface area (Å²) in [5.74, 6) is 0.398. The number of hydrogen-bond donors (Lipinski definition) is 2. The smallest absolute Gasteiger partial charge is 0.119 e. The maximum atomic E-state index is 9.55. The molecular weight excluding hydrogens is 162 g/mol. The third kappa shape index (κ3) is 1.83. The average Bonchev–Trinajstić information content (AvgIpc) is 2.09. The fraction of sp³-hybridized carbons (Fsp3) is 0.455. The molecule has 2 nitrogen and oxygen atoms in total. The number of nitrogens with one attached hydrogen (secondary N) is 1. The first-order valence-corrected chi connectivity index (χ1v) is 4.51. The molecule has 0 aliphatic heterocycles. The number of aryl methyl sites for hydroxylation is 1. The van der Waals surface area contributed by atoms with Crippen molar-refractivity contribution >= 4 is 0 Å². The summed E-state index contributed by atoms with van der Waals surface area (Å²) in [5, 5.41) is 12.7. The predicted octanol–water partition coefficient (Wildman–Crippen LogP) is 2.04. The van der Waals surface area contributed by atoms with Crippen LogP contribution in [0.15, 0.2) is 6.07 Å². The van der Waals surface area contributed by atoms with Crippen molar-refractivity contribution < 1.29 is 5.11 Å². The molecule has 0 bridgehead atoms. The number of benzene rings is 1. The van der Waals surface area contributed by atoms with Gasteiger partial charge < -0.3 is 10.4 Å². The molecule has 0 saturated carbocycles. The Morgan fingerprint density at radius 1 is 1.23 bits per heavy atom. The summed E-state index contributed by atoms with van der Waals surface area (Å²) in [6.07, 6.45) is 0. The molecule has 0 fully saturated rings. The molecule has 0 radical (unpaired) electrons. The third-order valence-electron chi connectivity index (χ3n) is 2.58. The summed E-state index contributed by atoms with van der Waals surface area (Å²) < 4.78 is 0. The summed E-state index contributed by atoms with van der Waals surface area (Å²) in [4.78, 5) is 0. The van der Waals surface area contributed by atoms with Crippen molar-refractivity contribution in [1.82, 2.24) is 5.32 Å². The van der Waals surface area contributed by atoms with E-state index in [-0.39, 0.29) is 0 Å². The lowest BCUT2D eigenvalue weighted by Gasteiger charge is -2.13. The normalized spacial score (nSPS) is 10.5. The van der Waals surface area contributed by atoms with E-state index in [1.165, 1.54) is 11.1 Å². The molecule has 0 aromatic heterocycles. The third-order valence-corrected chi connectivity index (χ3v) is 2.58. The Morgan fingerprint density at radius 3 is 2.38 bits per heavy atom. The Kier molecular flexibility index (Phi) is 2.94. The Balaban J connectivity index is 3.26. The lowest BCUT2D eigenvalue weighted by molar-refractivity contribution is 0.469. The SMILES string of the molecule is CNCc1c(C)cc(O)c(C)c1C. The van der Waals surface area contributed by atoms with Gasteiger partial charge in [0.1, 0.15) is 5.75 Å². The summed E-state index contributed by atoms with van der Waals surface area (Å²) in [6.45, 7) is 6.88. The van der Waals surface area contributed by atoms with Gasteiger partial charge in [-0.25, -0.2) is 0 Å². The summed E-state index contributed by atoms with van der Waals surface area (Å²) in [6, 6.07) is 1.83. The van der Waals surface area contributed by atoms with Crippen LogP contribution in [0.3, 0.4) is 0 Å². The van der Waals surface area contributed by atoms with Crippen LogP contribution >= 0.6 is 0 Å². The molecule has 1 aromatic rings. The lowest BCUT2D eigenvalue weighted by Crippen LogP contribution is -2.09. The first-order valence-electron chi connectivity index (χ1n) is 4.51. The zero-order valence-corrected chi connectivity index (χ0v) is 8.73. The molecule has 1 rings (SSSR count). The minimum absolute atomic E-state index is 0.398. The van der Waals surface area contributed by atoms with Crippen molar-refractivity contribution in [2.75, 3.05) is 7.05 Å². The van der Waals surface area contributed by atoms with Crippen LogP contribution in [-0.2, 0) is 6.54 Å². The van der Waals surface area contributed by atoms with Crippen molar-refractivity contribution in [2.24, 2.45) is 0 Å². The second kappa shape index (κ2) is 3.79. The molecule has 2 N–H and O–H groups in total. The fourth-order valence-electron chi connectivity index (χ4n) is 1.56. The van der Waals surface area contributed by atoms with E-state index in [1.54, 1.807) is 0 Å². The van der Waals surface area contributed by atoms with Crippen LogP contribution in [-0.4, -0.2) is 12.2 Å². The number of phenols is 1. The number of phenolic OH excluding ortho intramolecular Hbond substituents is 1. The molecule has 1 aromatic carbocycles. The van der Waals surface area contributed by atoms with E-state index < -0.39 is 0 Å². The van der Waals surface area contributed by atoms with E-state index in [0.29, 0.717) is 5.75 Å². The van der Waals surface area contributed by atoms with E-state index >= 15 is 0 Å². The highest BCUT2D eigenvalue weighted by Crippen LogP contribution is 2.26. The second-order valence-corrected chi connectivity index (χ2v) is 3.47. The Bertz CT molecular complexity index is 318. The van der Waals surface area contributed by atoms with Crippen LogP contribution in [0, 0.1) is 20.8 Å². The highest BCUT2D eigenvalue weighted by molar-refractivity contribution is 5.47. The average molecular weight is 179 g/mol. The number of rotatable bonds is 2. The van der Waals surface area contributed by atoms with Gasteiger partial charge in [-0.15, -0.1) is 0 Å². The molecule has 0 heterocycles. The van der Waals surface area contributed by atoms with Gasteiger partial charge >= 0.3 is 0 Å². The van der Waals surface area contributed by atoms with Crippen molar-refractivity contribution in [3.05, 3.63) is 28.3 Å². The van der Waals surface area contributed by atoms with Crippen molar-refractivity contribution in [3.63, 3.8) is 0 Å². The molecule has 2 heteroatoms. The standard InChI is InChI=1S/C11H17NO/c1-7-5-11(13)9(3)8(2)10(7)6-12-4/h5,12-13H,6H2,1-4H3. The first kappa shape index (κ1) is 10.1. The van der Waals surface area contributed by atoms with Gasteiger partial charge in [-0.05, 0) is 56.1 Å². The maximum Gasteiger partial charge on any atom is 0.119 e. The van der Waals surface area contributed by atoms with Gasteiger partial charge in [0.05, 0.1) is 0 Å². The van der Waals surface area contributed by atoms with Gasteiger partial charge in [-0.1, -0.05) is 0 Å². The predicted molar refractivity (Wildman–Crippen MR) is 55.1 cm³/mol. The van der Waals surface area contributed by atoms with Crippen LogP contribution in [0.2, 0.25) is 0 Å². The zero-order valence-electron chi connectivity index (χ0n) is 8.73. The maximum absolute atomic E-state index is 9.55. The Labute approximate surface area is 79.6 Å². The highest BCUT2D eigenvalue weighted by Gasteiger charge is 2.07. The van der Waals surface area contributed by atoms with E-state index in [0.717, 1.165) is 17.7 Å². The van der Waals surface area contributed by atoms with Crippen molar-refractivity contribution in [1.29, 1.82) is 0 Å². The van der Waals surface area contributed by atoms with E-state index in [4.69, 9.17) is 0 Å². The Hall–Kier alpha value is -1.02. The van der Waals surface area contributed by atoms with Crippen molar-refractivity contribution in [3.8, 4) is 5.75 Å². The van der Waals surface area contributed by atoms with Gasteiger partial charge in [0, 0.05) is 6.54 Å². The highest BCUT2D eigenvalue weighted by atomic mass is 16.3. The monoisotopic (exact) mass is 179 g/mol. The fourth-order valence-corrected chi connectivity index (χ4v) is 1.56. The molecule has 0 saturated heterocycles. The molecule has 0 spiro atoms. The molecule has 0 aliphatic carbocycles. The summed E-state index contributed by atoms with van der Waals surface area (Å²) >= 11 is 0. The van der Waals surface area contributed by atoms with Gasteiger partial charge in [0.15, 0.2) is 0 Å². The number of hydrogen-bond acceptors (Lipinski definition) is 2. The van der Waals surface area contributed by atoms with Crippen LogP contribution in [0.1, 0.15) is 22.3 Å². The molecule has 0 unspecified atom stereocenters. The van der Waals surface area contributed by atoms with E-state index in [9.17, 15) is 5.11 Å². The summed E-state index contributed by atoms with van der Waals surface area (Å²) in [5.41, 5.74) is 4.61. The van der Waals surface area contributed by atoms with Gasteiger partial charge in [-0.2, -0.15) is 0 Å². The van der Waals surface area contributed by atoms with Crippen LogP contribution in [0.25, 0.3) is 0 Å². The molecule has 72 valence electrons.